The lowest BCUT2D eigenvalue weighted by Gasteiger charge is -2.09. The van der Waals surface area contributed by atoms with E-state index >= 15 is 0 Å². The van der Waals surface area contributed by atoms with Crippen molar-refractivity contribution >= 4 is 17.6 Å². The zero-order chi connectivity index (χ0) is 13.2. The van der Waals surface area contributed by atoms with Crippen molar-refractivity contribution in [3.05, 3.63) is 40.6 Å². The van der Waals surface area contributed by atoms with E-state index in [1.165, 1.54) is 35.6 Å². The number of hydrogen-bond donors (Lipinski definition) is 0. The molecule has 2 nitrogen and oxygen atoms in total. The molecule has 0 bridgehead atoms. The van der Waals surface area contributed by atoms with Gasteiger partial charge in [0, 0.05) is 5.56 Å². The predicted octanol–water partition coefficient (Wildman–Crippen LogP) is 4.13. The molecular formula is C12H7F3O2S. The fourth-order valence-electron chi connectivity index (χ4n) is 1.49. The maximum absolute atomic E-state index is 12.0. The van der Waals surface area contributed by atoms with Crippen LogP contribution in [0.3, 0.4) is 0 Å². The van der Waals surface area contributed by atoms with Gasteiger partial charge >= 0.3 is 6.36 Å². The smallest absolute Gasteiger partial charge is 0.406 e. The Balaban J connectivity index is 2.25. The van der Waals surface area contributed by atoms with Gasteiger partial charge < -0.3 is 4.74 Å². The van der Waals surface area contributed by atoms with Crippen LogP contribution >= 0.6 is 11.3 Å². The third-order valence-electron chi connectivity index (χ3n) is 2.20. The average Bonchev–Trinajstić information content (AvgIpc) is 2.76. The molecule has 0 saturated heterocycles. The Hall–Kier alpha value is -1.82. The number of rotatable bonds is 3. The molecule has 0 fully saturated rings. The second kappa shape index (κ2) is 4.81. The lowest BCUT2D eigenvalue weighted by Crippen LogP contribution is -2.16. The highest BCUT2D eigenvalue weighted by Crippen LogP contribution is 2.30. The number of alkyl halides is 3. The normalized spacial score (nSPS) is 11.3. The summed E-state index contributed by atoms with van der Waals surface area (Å²) in [7, 11) is 0. The summed E-state index contributed by atoms with van der Waals surface area (Å²) in [5.74, 6) is -0.283. The topological polar surface area (TPSA) is 26.3 Å². The molecular weight excluding hydrogens is 265 g/mol. The Morgan fingerprint density at radius 2 is 1.78 bits per heavy atom. The Kier molecular flexibility index (Phi) is 3.38. The monoisotopic (exact) mass is 272 g/mol. The van der Waals surface area contributed by atoms with Gasteiger partial charge in [-0.25, -0.2) is 0 Å². The summed E-state index contributed by atoms with van der Waals surface area (Å²) >= 11 is 1.28. The van der Waals surface area contributed by atoms with Gasteiger partial charge in [-0.15, -0.1) is 24.5 Å². The van der Waals surface area contributed by atoms with Crippen molar-refractivity contribution in [1.29, 1.82) is 0 Å². The minimum absolute atomic E-state index is 0.283. The first-order chi connectivity index (χ1) is 8.49. The van der Waals surface area contributed by atoms with Crippen LogP contribution in [-0.2, 0) is 0 Å². The van der Waals surface area contributed by atoms with Gasteiger partial charge in [0.05, 0.1) is 4.88 Å². The van der Waals surface area contributed by atoms with Crippen molar-refractivity contribution < 1.29 is 22.7 Å². The van der Waals surface area contributed by atoms with Crippen LogP contribution < -0.4 is 4.74 Å². The van der Waals surface area contributed by atoms with Crippen LogP contribution in [0.5, 0.6) is 5.75 Å². The first kappa shape index (κ1) is 12.6. The van der Waals surface area contributed by atoms with E-state index in [0.717, 1.165) is 6.29 Å². The van der Waals surface area contributed by atoms with Gasteiger partial charge in [0.2, 0.25) is 0 Å². The number of carbonyl (C=O) groups is 1. The zero-order valence-electron chi connectivity index (χ0n) is 8.90. The van der Waals surface area contributed by atoms with E-state index in [2.05, 4.69) is 4.74 Å². The van der Waals surface area contributed by atoms with Crippen LogP contribution in [0.4, 0.5) is 13.2 Å². The molecule has 2 rings (SSSR count). The summed E-state index contributed by atoms with van der Waals surface area (Å²) in [4.78, 5) is 11.3. The maximum Gasteiger partial charge on any atom is 0.573 e. The summed E-state index contributed by atoms with van der Waals surface area (Å²) < 4.78 is 39.7. The molecule has 1 heterocycles. The third kappa shape index (κ3) is 2.89. The minimum Gasteiger partial charge on any atom is -0.406 e. The number of benzene rings is 1. The highest BCUT2D eigenvalue weighted by atomic mass is 32.1. The summed E-state index contributed by atoms with van der Waals surface area (Å²) in [6.07, 6.45) is -3.97. The zero-order valence-corrected chi connectivity index (χ0v) is 9.72. The quantitative estimate of drug-likeness (QED) is 0.785. The molecule has 0 aliphatic carbocycles. The Labute approximate surface area is 105 Å². The molecule has 2 aromatic rings. The highest BCUT2D eigenvalue weighted by molar-refractivity contribution is 7.12. The van der Waals surface area contributed by atoms with E-state index in [1.807, 2.05) is 0 Å². The van der Waals surface area contributed by atoms with Gasteiger partial charge in [-0.1, -0.05) is 12.1 Å². The van der Waals surface area contributed by atoms with Crippen molar-refractivity contribution in [2.75, 3.05) is 0 Å². The van der Waals surface area contributed by atoms with Gasteiger partial charge in [-0.2, -0.15) is 0 Å². The van der Waals surface area contributed by atoms with E-state index in [-0.39, 0.29) is 5.75 Å². The van der Waals surface area contributed by atoms with Crippen molar-refractivity contribution in [2.24, 2.45) is 0 Å². The van der Waals surface area contributed by atoms with Crippen LogP contribution in [0.1, 0.15) is 9.67 Å². The summed E-state index contributed by atoms with van der Waals surface area (Å²) in [5.41, 5.74) is 1.38. The SMILES string of the molecule is O=Cc1sccc1-c1ccc(OC(F)(F)F)cc1. The number of carbonyl (C=O) groups excluding carboxylic acids is 1. The predicted molar refractivity (Wildman–Crippen MR) is 61.8 cm³/mol. The molecule has 0 aliphatic rings. The molecule has 0 aliphatic heterocycles. The molecule has 94 valence electrons. The molecule has 0 amide bonds. The van der Waals surface area contributed by atoms with E-state index in [4.69, 9.17) is 0 Å². The molecule has 0 N–H and O–H groups in total. The van der Waals surface area contributed by atoms with Crippen LogP contribution in [0, 0.1) is 0 Å². The molecule has 0 unspecified atom stereocenters. The average molecular weight is 272 g/mol. The van der Waals surface area contributed by atoms with E-state index in [1.54, 1.807) is 11.4 Å². The minimum atomic E-state index is -4.70. The van der Waals surface area contributed by atoms with Crippen LogP contribution in [0.15, 0.2) is 35.7 Å². The molecule has 0 spiro atoms. The van der Waals surface area contributed by atoms with Gasteiger partial charge in [-0.05, 0) is 29.1 Å². The summed E-state index contributed by atoms with van der Waals surface area (Å²) in [6, 6.07) is 7.14. The first-order valence-corrected chi connectivity index (χ1v) is 5.76. The maximum atomic E-state index is 12.0. The first-order valence-electron chi connectivity index (χ1n) is 4.88. The molecule has 0 radical (unpaired) electrons. The lowest BCUT2D eigenvalue weighted by molar-refractivity contribution is -0.274. The second-order valence-electron chi connectivity index (χ2n) is 3.39. The van der Waals surface area contributed by atoms with Crippen LogP contribution in [0.2, 0.25) is 0 Å². The third-order valence-corrected chi connectivity index (χ3v) is 3.04. The van der Waals surface area contributed by atoms with E-state index < -0.39 is 6.36 Å². The summed E-state index contributed by atoms with van der Waals surface area (Å²) in [5, 5.41) is 1.75. The fourth-order valence-corrected chi connectivity index (χ4v) is 2.21. The number of halogens is 3. The summed E-state index contributed by atoms with van der Waals surface area (Å²) in [6.45, 7) is 0. The molecule has 0 atom stereocenters. The molecule has 6 heteroatoms. The highest BCUT2D eigenvalue weighted by Gasteiger charge is 2.30. The Morgan fingerprint density at radius 3 is 2.33 bits per heavy atom. The number of hydrogen-bond acceptors (Lipinski definition) is 3. The van der Waals surface area contributed by atoms with Crippen LogP contribution in [0.25, 0.3) is 11.1 Å². The molecule has 18 heavy (non-hydrogen) atoms. The van der Waals surface area contributed by atoms with Crippen molar-refractivity contribution in [2.45, 2.75) is 6.36 Å². The molecule has 1 aromatic heterocycles. The van der Waals surface area contributed by atoms with Gasteiger partial charge in [-0.3, -0.25) is 4.79 Å². The Bertz CT molecular complexity index is 543. The van der Waals surface area contributed by atoms with Gasteiger partial charge in [0.15, 0.2) is 6.29 Å². The number of aldehydes is 1. The second-order valence-corrected chi connectivity index (χ2v) is 4.34. The Morgan fingerprint density at radius 1 is 1.11 bits per heavy atom. The van der Waals surface area contributed by atoms with Crippen molar-refractivity contribution in [3.8, 4) is 16.9 Å². The largest absolute Gasteiger partial charge is 0.573 e. The van der Waals surface area contributed by atoms with Gasteiger partial charge in [0.25, 0.3) is 0 Å². The van der Waals surface area contributed by atoms with Gasteiger partial charge in [0.1, 0.15) is 5.75 Å². The standard InChI is InChI=1S/C12H7F3O2S/c13-12(14,15)17-9-3-1-8(2-4-9)10-5-6-18-11(10)7-16/h1-7H. The number of ether oxygens (including phenoxy) is 1. The lowest BCUT2D eigenvalue weighted by atomic mass is 10.1. The molecule has 1 aromatic carbocycles. The van der Waals surface area contributed by atoms with E-state index in [0.29, 0.717) is 16.0 Å². The van der Waals surface area contributed by atoms with Crippen LogP contribution in [-0.4, -0.2) is 12.6 Å². The van der Waals surface area contributed by atoms with Crippen molar-refractivity contribution in [3.63, 3.8) is 0 Å². The van der Waals surface area contributed by atoms with Crippen molar-refractivity contribution in [1.82, 2.24) is 0 Å². The fraction of sp³-hybridized carbons (Fsp3) is 0.0833. The molecule has 0 saturated carbocycles. The van der Waals surface area contributed by atoms with E-state index in [9.17, 15) is 18.0 Å². The number of thiophene rings is 1.